The fourth-order valence-electron chi connectivity index (χ4n) is 7.02. The van der Waals surface area contributed by atoms with Crippen LogP contribution in [0.5, 0.6) is 0 Å². The van der Waals surface area contributed by atoms with E-state index >= 15 is 0 Å². The van der Waals surface area contributed by atoms with E-state index in [1.807, 2.05) is 11.3 Å². The highest BCUT2D eigenvalue weighted by atomic mass is 32.1. The summed E-state index contributed by atoms with van der Waals surface area (Å²) in [5.74, 6) is 0.283. The van der Waals surface area contributed by atoms with Gasteiger partial charge in [0.15, 0.2) is 0 Å². The number of benzene rings is 6. The van der Waals surface area contributed by atoms with Crippen LogP contribution in [0.1, 0.15) is 17.0 Å². The predicted octanol–water partition coefficient (Wildman–Crippen LogP) is 10.6. The Morgan fingerprint density at radius 1 is 0.575 bits per heavy atom. The van der Waals surface area contributed by atoms with Crippen molar-refractivity contribution in [3.05, 3.63) is 151 Å². The summed E-state index contributed by atoms with van der Waals surface area (Å²) >= 11 is 1.91. The maximum Gasteiger partial charge on any atom is 0.0630 e. The lowest BCUT2D eigenvalue weighted by Crippen LogP contribution is -2.29. The van der Waals surface area contributed by atoms with E-state index in [2.05, 4.69) is 144 Å². The minimum atomic E-state index is 0.229. The normalized spacial score (nSPS) is 18.0. The van der Waals surface area contributed by atoms with E-state index in [0.717, 1.165) is 0 Å². The largest absolute Gasteiger partial charge is 0.333 e. The van der Waals surface area contributed by atoms with Crippen molar-refractivity contribution in [2.24, 2.45) is 0 Å². The molecule has 0 radical (unpaired) electrons. The molecule has 2 aliphatic rings. The summed E-state index contributed by atoms with van der Waals surface area (Å²) in [7, 11) is 0. The molecule has 2 heterocycles. The van der Waals surface area contributed by atoms with Crippen molar-refractivity contribution in [2.45, 2.75) is 12.0 Å². The monoisotopic (exact) mass is 527 g/mol. The van der Waals surface area contributed by atoms with Crippen molar-refractivity contribution in [1.29, 1.82) is 0 Å². The van der Waals surface area contributed by atoms with E-state index in [1.54, 1.807) is 0 Å². The Morgan fingerprint density at radius 2 is 1.30 bits per heavy atom. The lowest BCUT2D eigenvalue weighted by Gasteiger charge is -2.31. The molecule has 6 aromatic carbocycles. The van der Waals surface area contributed by atoms with Gasteiger partial charge in [-0.2, -0.15) is 0 Å². The van der Waals surface area contributed by atoms with Gasteiger partial charge in [-0.25, -0.2) is 0 Å². The van der Waals surface area contributed by atoms with Gasteiger partial charge >= 0.3 is 0 Å². The van der Waals surface area contributed by atoms with Crippen LogP contribution in [0.2, 0.25) is 0 Å². The molecular weight excluding hydrogens is 502 g/mol. The molecule has 0 bridgehead atoms. The molecule has 1 nitrogen and oxygen atoms in total. The number of anilines is 2. The first-order valence-corrected chi connectivity index (χ1v) is 14.8. The van der Waals surface area contributed by atoms with E-state index in [1.165, 1.54) is 69.8 Å². The molecule has 2 heteroatoms. The second kappa shape index (κ2) is 8.42. The molecule has 2 atom stereocenters. The summed E-state index contributed by atoms with van der Waals surface area (Å²) in [6, 6.07) is 44.8. The molecule has 0 N–H and O–H groups in total. The van der Waals surface area contributed by atoms with Crippen LogP contribution in [-0.2, 0) is 0 Å². The van der Waals surface area contributed by atoms with Gasteiger partial charge in [0, 0.05) is 37.2 Å². The van der Waals surface area contributed by atoms with Gasteiger partial charge in [0.2, 0.25) is 0 Å². The highest BCUT2D eigenvalue weighted by Crippen LogP contribution is 2.52. The molecule has 7 aromatic rings. The number of fused-ring (bicyclic) bond motifs is 9. The zero-order chi connectivity index (χ0) is 26.2. The molecular formula is C38H25NS. The average molecular weight is 528 g/mol. The molecule has 1 aliphatic carbocycles. The zero-order valence-corrected chi connectivity index (χ0v) is 22.6. The smallest absolute Gasteiger partial charge is 0.0630 e. The Labute approximate surface area is 236 Å². The molecule has 0 saturated carbocycles. The summed E-state index contributed by atoms with van der Waals surface area (Å²) in [6.07, 6.45) is 7.32. The van der Waals surface area contributed by atoms with Gasteiger partial charge in [0.05, 0.1) is 11.7 Å². The first-order chi connectivity index (χ1) is 19.8. The van der Waals surface area contributed by atoms with Crippen molar-refractivity contribution < 1.29 is 0 Å². The maximum atomic E-state index is 2.58. The fraction of sp³-hybridized carbons (Fsp3) is 0.0526. The predicted molar refractivity (Wildman–Crippen MR) is 173 cm³/mol. The molecule has 0 fully saturated rings. The molecule has 40 heavy (non-hydrogen) atoms. The van der Waals surface area contributed by atoms with Crippen molar-refractivity contribution in [1.82, 2.24) is 0 Å². The number of nitrogens with zero attached hydrogens (tertiary/aromatic N) is 1. The third-order valence-corrected chi connectivity index (χ3v) is 9.99. The minimum absolute atomic E-state index is 0.229. The van der Waals surface area contributed by atoms with Crippen LogP contribution in [0, 0.1) is 0 Å². The maximum absolute atomic E-state index is 2.58. The van der Waals surface area contributed by atoms with Gasteiger partial charge < -0.3 is 4.90 Å². The van der Waals surface area contributed by atoms with E-state index in [-0.39, 0.29) is 12.0 Å². The SMILES string of the molecule is C1=CC2C(C=C1c1cccc3c1sc1ccccc13)c1ccccc1N2c1cc2ccccc2c2ccccc12. The number of hydrogen-bond acceptors (Lipinski definition) is 2. The average Bonchev–Trinajstić information content (AvgIpc) is 3.56. The summed E-state index contributed by atoms with van der Waals surface area (Å²) in [6.45, 7) is 0. The Morgan fingerprint density at radius 3 is 2.23 bits per heavy atom. The van der Waals surface area contributed by atoms with Gasteiger partial charge in [-0.1, -0.05) is 121 Å². The van der Waals surface area contributed by atoms with Gasteiger partial charge in [0.25, 0.3) is 0 Å². The van der Waals surface area contributed by atoms with Crippen LogP contribution in [-0.4, -0.2) is 6.04 Å². The van der Waals surface area contributed by atoms with Crippen molar-refractivity contribution in [2.75, 3.05) is 4.90 Å². The fourth-order valence-corrected chi connectivity index (χ4v) is 8.26. The molecule has 2 unspecified atom stereocenters. The molecule has 0 saturated heterocycles. The van der Waals surface area contributed by atoms with Gasteiger partial charge in [0.1, 0.15) is 0 Å². The Bertz CT molecular complexity index is 2200. The summed E-state index contributed by atoms with van der Waals surface area (Å²) in [5, 5.41) is 7.90. The first kappa shape index (κ1) is 22.2. The second-order valence-corrected chi connectivity index (χ2v) is 11.9. The van der Waals surface area contributed by atoms with Crippen LogP contribution < -0.4 is 4.90 Å². The number of rotatable bonds is 2. The van der Waals surface area contributed by atoms with Crippen molar-refractivity contribution in [3.63, 3.8) is 0 Å². The third kappa shape index (κ3) is 3.08. The van der Waals surface area contributed by atoms with Crippen molar-refractivity contribution >= 4 is 70.0 Å². The first-order valence-electron chi connectivity index (χ1n) is 13.9. The summed E-state index contributed by atoms with van der Waals surface area (Å²) < 4.78 is 2.73. The lowest BCUT2D eigenvalue weighted by molar-refractivity contribution is 0.749. The Kier molecular flexibility index (Phi) is 4.67. The Hall–Kier alpha value is -4.66. The topological polar surface area (TPSA) is 3.24 Å². The second-order valence-electron chi connectivity index (χ2n) is 10.9. The third-order valence-electron chi connectivity index (χ3n) is 8.77. The Balaban J connectivity index is 1.24. The lowest BCUT2D eigenvalue weighted by atomic mass is 9.86. The van der Waals surface area contributed by atoms with E-state index in [9.17, 15) is 0 Å². The number of para-hydroxylation sites is 1. The number of hydrogen-bond donors (Lipinski definition) is 0. The van der Waals surface area contributed by atoms with E-state index in [0.29, 0.717) is 0 Å². The highest BCUT2D eigenvalue weighted by Gasteiger charge is 2.39. The molecule has 1 aliphatic heterocycles. The summed E-state index contributed by atoms with van der Waals surface area (Å²) in [4.78, 5) is 2.58. The molecule has 188 valence electrons. The van der Waals surface area contributed by atoms with Crippen LogP contribution in [0.4, 0.5) is 11.4 Å². The van der Waals surface area contributed by atoms with Crippen LogP contribution in [0.25, 0.3) is 47.3 Å². The van der Waals surface area contributed by atoms with Gasteiger partial charge in [-0.3, -0.25) is 0 Å². The minimum Gasteiger partial charge on any atom is -0.333 e. The number of thiophene rings is 1. The standard InChI is InChI=1S/C38H25NS/c1-2-11-26-24(10-1)23-36(29-13-4-3-12-28(26)29)39-34-18-7-5-14-30(34)33-22-25(20-21-35(33)39)27-16-9-17-32-31-15-6-8-19-37(31)40-38(27)32/h1-23,33,35H. The zero-order valence-electron chi connectivity index (χ0n) is 21.8. The number of allylic oxidation sites excluding steroid dienone is 2. The molecule has 9 rings (SSSR count). The van der Waals surface area contributed by atoms with E-state index < -0.39 is 0 Å². The molecule has 0 amide bonds. The quantitative estimate of drug-likeness (QED) is 0.202. The van der Waals surface area contributed by atoms with E-state index in [4.69, 9.17) is 0 Å². The van der Waals surface area contributed by atoms with Gasteiger partial charge in [-0.15, -0.1) is 11.3 Å². The van der Waals surface area contributed by atoms with Crippen LogP contribution in [0.3, 0.4) is 0 Å². The highest BCUT2D eigenvalue weighted by molar-refractivity contribution is 7.26. The molecule has 0 spiro atoms. The van der Waals surface area contributed by atoms with Crippen molar-refractivity contribution in [3.8, 4) is 0 Å². The van der Waals surface area contributed by atoms with Crippen LogP contribution in [0.15, 0.2) is 140 Å². The van der Waals surface area contributed by atoms with Crippen LogP contribution >= 0.6 is 11.3 Å². The van der Waals surface area contributed by atoms with Gasteiger partial charge in [-0.05, 0) is 51.1 Å². The summed E-state index contributed by atoms with van der Waals surface area (Å²) in [5.41, 5.74) is 6.64. The molecule has 1 aromatic heterocycles.